The number of nitrogens with zero attached hydrogens (tertiary/aromatic N) is 2. The Hall–Kier alpha value is -3.55. The number of carbonyl (C=O) groups excluding carboxylic acids is 2. The van der Waals surface area contributed by atoms with E-state index in [1.807, 2.05) is 0 Å². The first-order valence-corrected chi connectivity index (χ1v) is 7.49. The third-order valence-electron chi connectivity index (χ3n) is 3.55. The summed E-state index contributed by atoms with van der Waals surface area (Å²) in [5, 5.41) is 6.48. The SMILES string of the molecule is COC(=O)c1ccc(NC(=O)c2ccn(-c3ccccc3F)n2)cc1F. The molecule has 0 fully saturated rings. The highest BCUT2D eigenvalue weighted by Crippen LogP contribution is 2.17. The molecule has 6 nitrogen and oxygen atoms in total. The Bertz CT molecular complexity index is 985. The van der Waals surface area contributed by atoms with E-state index in [0.717, 1.165) is 13.2 Å². The lowest BCUT2D eigenvalue weighted by Gasteiger charge is -2.06. The van der Waals surface area contributed by atoms with Crippen LogP contribution in [-0.4, -0.2) is 28.8 Å². The molecule has 8 heteroatoms. The van der Waals surface area contributed by atoms with Gasteiger partial charge in [0.2, 0.25) is 0 Å². The summed E-state index contributed by atoms with van der Waals surface area (Å²) in [5.41, 5.74) is 0.112. The third kappa shape index (κ3) is 3.44. The average molecular weight is 357 g/mol. The Morgan fingerprint density at radius 3 is 2.54 bits per heavy atom. The number of hydrogen-bond donors (Lipinski definition) is 1. The monoisotopic (exact) mass is 357 g/mol. The molecule has 3 rings (SSSR count). The van der Waals surface area contributed by atoms with E-state index in [4.69, 9.17) is 0 Å². The second-order valence-electron chi connectivity index (χ2n) is 5.24. The Balaban J connectivity index is 1.78. The van der Waals surface area contributed by atoms with E-state index in [-0.39, 0.29) is 22.6 Å². The van der Waals surface area contributed by atoms with Gasteiger partial charge in [0.15, 0.2) is 5.69 Å². The van der Waals surface area contributed by atoms with Crippen molar-refractivity contribution >= 4 is 17.6 Å². The maximum absolute atomic E-state index is 13.9. The minimum atomic E-state index is -0.827. The Kier molecular flexibility index (Phi) is 4.74. The number of carbonyl (C=O) groups is 2. The number of amides is 1. The van der Waals surface area contributed by atoms with E-state index >= 15 is 0 Å². The minimum absolute atomic E-state index is 0.0192. The molecule has 26 heavy (non-hydrogen) atoms. The molecule has 1 amide bonds. The zero-order valence-electron chi connectivity index (χ0n) is 13.6. The van der Waals surface area contributed by atoms with Gasteiger partial charge in [0, 0.05) is 11.9 Å². The molecule has 2 aromatic carbocycles. The minimum Gasteiger partial charge on any atom is -0.465 e. The summed E-state index contributed by atoms with van der Waals surface area (Å²) in [7, 11) is 1.14. The van der Waals surface area contributed by atoms with Crippen LogP contribution in [0.15, 0.2) is 54.7 Å². The zero-order chi connectivity index (χ0) is 18.7. The van der Waals surface area contributed by atoms with Gasteiger partial charge >= 0.3 is 5.97 Å². The van der Waals surface area contributed by atoms with Gasteiger partial charge in [-0.2, -0.15) is 5.10 Å². The van der Waals surface area contributed by atoms with Crippen LogP contribution in [0.4, 0.5) is 14.5 Å². The van der Waals surface area contributed by atoms with E-state index in [9.17, 15) is 18.4 Å². The topological polar surface area (TPSA) is 73.2 Å². The summed E-state index contributed by atoms with van der Waals surface area (Å²) in [6, 6.07) is 11.0. The molecule has 0 spiro atoms. The number of anilines is 1. The number of hydrogen-bond acceptors (Lipinski definition) is 4. The lowest BCUT2D eigenvalue weighted by Crippen LogP contribution is -2.14. The van der Waals surface area contributed by atoms with E-state index in [1.165, 1.54) is 41.2 Å². The molecule has 0 radical (unpaired) electrons. The van der Waals surface area contributed by atoms with Crippen molar-refractivity contribution in [3.05, 3.63) is 77.6 Å². The Morgan fingerprint density at radius 1 is 1.08 bits per heavy atom. The van der Waals surface area contributed by atoms with Crippen LogP contribution >= 0.6 is 0 Å². The van der Waals surface area contributed by atoms with Crippen molar-refractivity contribution in [2.75, 3.05) is 12.4 Å². The molecule has 3 aromatic rings. The number of halogens is 2. The number of benzene rings is 2. The third-order valence-corrected chi connectivity index (χ3v) is 3.55. The molecule has 0 aliphatic rings. The molecule has 1 N–H and O–H groups in total. The van der Waals surface area contributed by atoms with Gasteiger partial charge in [-0.1, -0.05) is 12.1 Å². The summed E-state index contributed by atoms with van der Waals surface area (Å²) >= 11 is 0. The van der Waals surface area contributed by atoms with Crippen molar-refractivity contribution in [1.29, 1.82) is 0 Å². The molecule has 1 aromatic heterocycles. The van der Waals surface area contributed by atoms with Crippen LogP contribution in [0, 0.1) is 11.6 Å². The van der Waals surface area contributed by atoms with Gasteiger partial charge in [0.1, 0.15) is 17.3 Å². The van der Waals surface area contributed by atoms with E-state index in [2.05, 4.69) is 15.2 Å². The van der Waals surface area contributed by atoms with Gasteiger partial charge in [0.05, 0.1) is 12.7 Å². The van der Waals surface area contributed by atoms with Crippen LogP contribution in [0.2, 0.25) is 0 Å². The molecule has 132 valence electrons. The fourth-order valence-corrected chi connectivity index (χ4v) is 2.28. The molecule has 0 aliphatic heterocycles. The van der Waals surface area contributed by atoms with Crippen LogP contribution < -0.4 is 5.32 Å². The van der Waals surface area contributed by atoms with Crippen molar-refractivity contribution < 1.29 is 23.1 Å². The number of methoxy groups -OCH3 is 1. The van der Waals surface area contributed by atoms with Gasteiger partial charge in [-0.15, -0.1) is 0 Å². The summed E-state index contributed by atoms with van der Waals surface area (Å²) < 4.78 is 33.3. The molecule has 0 atom stereocenters. The average Bonchev–Trinajstić information content (AvgIpc) is 3.11. The first-order chi connectivity index (χ1) is 12.5. The van der Waals surface area contributed by atoms with Gasteiger partial charge in [-0.25, -0.2) is 18.3 Å². The first kappa shape index (κ1) is 17.3. The highest BCUT2D eigenvalue weighted by atomic mass is 19.1. The van der Waals surface area contributed by atoms with Gasteiger partial charge in [-0.05, 0) is 36.4 Å². The molecule has 1 heterocycles. The molecule has 0 unspecified atom stereocenters. The molecule has 0 aliphatic carbocycles. The van der Waals surface area contributed by atoms with Crippen LogP contribution in [0.5, 0.6) is 0 Å². The number of aromatic nitrogens is 2. The second kappa shape index (κ2) is 7.14. The summed E-state index contributed by atoms with van der Waals surface area (Å²) in [4.78, 5) is 23.6. The van der Waals surface area contributed by atoms with Gasteiger partial charge < -0.3 is 10.1 Å². The van der Waals surface area contributed by atoms with Crippen molar-refractivity contribution in [2.24, 2.45) is 0 Å². The van der Waals surface area contributed by atoms with Crippen LogP contribution in [-0.2, 0) is 4.74 Å². The standard InChI is InChI=1S/C18H13F2N3O3/c1-26-18(25)12-7-6-11(10-14(12)20)21-17(24)15-8-9-23(22-15)16-5-3-2-4-13(16)19/h2-10H,1H3,(H,21,24). The normalized spacial score (nSPS) is 10.4. The number of para-hydroxylation sites is 1. The number of esters is 1. The second-order valence-corrected chi connectivity index (χ2v) is 5.24. The van der Waals surface area contributed by atoms with Gasteiger partial charge in [0.25, 0.3) is 5.91 Å². The first-order valence-electron chi connectivity index (χ1n) is 7.49. The van der Waals surface area contributed by atoms with E-state index in [1.54, 1.807) is 12.1 Å². The molecule has 0 saturated heterocycles. The number of ether oxygens (including phenoxy) is 1. The summed E-state index contributed by atoms with van der Waals surface area (Å²) in [5.74, 6) is -2.73. The van der Waals surface area contributed by atoms with E-state index in [0.29, 0.717) is 0 Å². The predicted molar refractivity (Wildman–Crippen MR) is 89.2 cm³/mol. The maximum Gasteiger partial charge on any atom is 0.340 e. The van der Waals surface area contributed by atoms with Crippen molar-refractivity contribution in [3.63, 3.8) is 0 Å². The summed E-state index contributed by atoms with van der Waals surface area (Å²) in [6.45, 7) is 0. The van der Waals surface area contributed by atoms with Crippen molar-refractivity contribution in [1.82, 2.24) is 9.78 Å². The maximum atomic E-state index is 13.9. The lowest BCUT2D eigenvalue weighted by atomic mass is 10.2. The van der Waals surface area contributed by atoms with Gasteiger partial charge in [-0.3, -0.25) is 4.79 Å². The van der Waals surface area contributed by atoms with Crippen molar-refractivity contribution in [2.45, 2.75) is 0 Å². The summed E-state index contributed by atoms with van der Waals surface area (Å²) in [6.07, 6.45) is 1.44. The highest BCUT2D eigenvalue weighted by molar-refractivity contribution is 6.03. The Morgan fingerprint density at radius 2 is 1.85 bits per heavy atom. The number of nitrogens with one attached hydrogen (secondary N) is 1. The Labute approximate surface area is 147 Å². The van der Waals surface area contributed by atoms with Crippen LogP contribution in [0.3, 0.4) is 0 Å². The molecule has 0 saturated carbocycles. The van der Waals surface area contributed by atoms with Crippen LogP contribution in [0.1, 0.15) is 20.8 Å². The number of rotatable bonds is 4. The molecular weight excluding hydrogens is 344 g/mol. The lowest BCUT2D eigenvalue weighted by molar-refractivity contribution is 0.0595. The quantitative estimate of drug-likeness (QED) is 0.728. The van der Waals surface area contributed by atoms with Crippen LogP contribution in [0.25, 0.3) is 5.69 Å². The molecule has 0 bridgehead atoms. The van der Waals surface area contributed by atoms with E-state index < -0.39 is 23.5 Å². The largest absolute Gasteiger partial charge is 0.465 e. The molecular formula is C18H13F2N3O3. The predicted octanol–water partition coefficient (Wildman–Crippen LogP) is 3.19. The fourth-order valence-electron chi connectivity index (χ4n) is 2.28. The fraction of sp³-hybridized carbons (Fsp3) is 0.0556. The zero-order valence-corrected chi connectivity index (χ0v) is 13.6. The van der Waals surface area contributed by atoms with Crippen molar-refractivity contribution in [3.8, 4) is 5.69 Å². The highest BCUT2D eigenvalue weighted by Gasteiger charge is 2.15. The smallest absolute Gasteiger partial charge is 0.340 e.